The van der Waals surface area contributed by atoms with Crippen molar-refractivity contribution in [1.82, 2.24) is 5.32 Å². The molecule has 1 aliphatic carbocycles. The van der Waals surface area contributed by atoms with Crippen LogP contribution in [0.2, 0.25) is 0 Å². The fraction of sp³-hybridized carbons (Fsp3) is 0.867. The molecule has 3 fully saturated rings. The summed E-state index contributed by atoms with van der Waals surface area (Å²) in [5, 5.41) is 12.4. The van der Waals surface area contributed by atoms with E-state index < -0.39 is 11.4 Å². The fourth-order valence-electron chi connectivity index (χ4n) is 4.00. The van der Waals surface area contributed by atoms with E-state index in [0.29, 0.717) is 12.8 Å². The zero-order chi connectivity index (χ0) is 14.2. The van der Waals surface area contributed by atoms with Crippen molar-refractivity contribution in [1.29, 1.82) is 0 Å². The van der Waals surface area contributed by atoms with Gasteiger partial charge in [-0.25, -0.2) is 0 Å². The Bertz CT molecular complexity index is 403. The van der Waals surface area contributed by atoms with E-state index in [2.05, 4.69) is 5.32 Å². The van der Waals surface area contributed by atoms with Crippen molar-refractivity contribution in [2.24, 2.45) is 11.3 Å². The fourth-order valence-corrected chi connectivity index (χ4v) is 4.00. The second kappa shape index (κ2) is 5.35. The molecule has 3 unspecified atom stereocenters. The van der Waals surface area contributed by atoms with Gasteiger partial charge in [-0.15, -0.1) is 0 Å². The second-order valence-electron chi connectivity index (χ2n) is 6.58. The molecule has 0 spiro atoms. The maximum atomic E-state index is 12.3. The monoisotopic (exact) mass is 281 g/mol. The highest BCUT2D eigenvalue weighted by Crippen LogP contribution is 2.39. The maximum absolute atomic E-state index is 12.3. The zero-order valence-corrected chi connectivity index (χ0v) is 11.8. The molecule has 0 aromatic rings. The highest BCUT2D eigenvalue weighted by atomic mass is 16.5. The first kappa shape index (κ1) is 13.9. The van der Waals surface area contributed by atoms with Crippen LogP contribution in [0.25, 0.3) is 0 Å². The van der Waals surface area contributed by atoms with Gasteiger partial charge >= 0.3 is 5.97 Å². The number of carboxylic acid groups (broad SMARTS) is 1. The molecule has 112 valence electrons. The van der Waals surface area contributed by atoms with Crippen LogP contribution in [-0.4, -0.2) is 35.7 Å². The van der Waals surface area contributed by atoms with E-state index in [4.69, 9.17) is 4.74 Å². The quantitative estimate of drug-likeness (QED) is 0.822. The largest absolute Gasteiger partial charge is 0.481 e. The van der Waals surface area contributed by atoms with Gasteiger partial charge in [-0.2, -0.15) is 0 Å². The first-order chi connectivity index (χ1) is 9.61. The van der Waals surface area contributed by atoms with Crippen LogP contribution in [0.4, 0.5) is 0 Å². The molecule has 2 saturated heterocycles. The summed E-state index contributed by atoms with van der Waals surface area (Å²) in [6.07, 6.45) is 7.48. The lowest BCUT2D eigenvalue weighted by atomic mass is 9.74. The summed E-state index contributed by atoms with van der Waals surface area (Å²) < 4.78 is 5.69. The van der Waals surface area contributed by atoms with Crippen LogP contribution in [0, 0.1) is 11.3 Å². The van der Waals surface area contributed by atoms with E-state index in [1.54, 1.807) is 0 Å². The van der Waals surface area contributed by atoms with Crippen molar-refractivity contribution in [3.8, 4) is 0 Å². The molecule has 20 heavy (non-hydrogen) atoms. The van der Waals surface area contributed by atoms with Crippen LogP contribution in [0.3, 0.4) is 0 Å². The smallest absolute Gasteiger partial charge is 0.311 e. The summed E-state index contributed by atoms with van der Waals surface area (Å²) in [6.45, 7) is 0.273. The van der Waals surface area contributed by atoms with E-state index in [1.807, 2.05) is 0 Å². The number of aliphatic carboxylic acids is 1. The molecule has 2 aliphatic heterocycles. The lowest BCUT2D eigenvalue weighted by Gasteiger charge is -2.33. The van der Waals surface area contributed by atoms with Crippen LogP contribution < -0.4 is 5.32 Å². The highest BCUT2D eigenvalue weighted by Gasteiger charge is 2.45. The van der Waals surface area contributed by atoms with Crippen LogP contribution >= 0.6 is 0 Å². The molecule has 0 aromatic carbocycles. The number of hydrogen-bond acceptors (Lipinski definition) is 3. The van der Waals surface area contributed by atoms with Gasteiger partial charge in [-0.05, 0) is 32.1 Å². The topological polar surface area (TPSA) is 75.6 Å². The number of carbonyl (C=O) groups excluding carboxylic acids is 1. The summed E-state index contributed by atoms with van der Waals surface area (Å²) in [4.78, 5) is 23.8. The minimum Gasteiger partial charge on any atom is -0.481 e. The highest BCUT2D eigenvalue weighted by molar-refractivity contribution is 5.81. The van der Waals surface area contributed by atoms with Crippen molar-refractivity contribution < 1.29 is 19.4 Å². The number of carboxylic acids is 1. The van der Waals surface area contributed by atoms with Gasteiger partial charge in [0.2, 0.25) is 5.91 Å². The van der Waals surface area contributed by atoms with Gasteiger partial charge < -0.3 is 15.2 Å². The van der Waals surface area contributed by atoms with E-state index in [9.17, 15) is 14.7 Å². The predicted molar refractivity (Wildman–Crippen MR) is 72.2 cm³/mol. The lowest BCUT2D eigenvalue weighted by Crippen LogP contribution is -2.47. The Labute approximate surface area is 119 Å². The Morgan fingerprint density at radius 3 is 2.50 bits per heavy atom. The van der Waals surface area contributed by atoms with Crippen LogP contribution in [0.5, 0.6) is 0 Å². The van der Waals surface area contributed by atoms with Crippen molar-refractivity contribution >= 4 is 11.9 Å². The molecular weight excluding hydrogens is 258 g/mol. The molecule has 1 amide bonds. The molecule has 2 N–H and O–H groups in total. The van der Waals surface area contributed by atoms with E-state index >= 15 is 0 Å². The van der Waals surface area contributed by atoms with Gasteiger partial charge in [0.05, 0.1) is 23.5 Å². The van der Waals surface area contributed by atoms with Crippen molar-refractivity contribution in [2.75, 3.05) is 6.54 Å². The molecular formula is C15H23NO4. The van der Waals surface area contributed by atoms with Crippen LogP contribution in [-0.2, 0) is 14.3 Å². The van der Waals surface area contributed by atoms with Crippen LogP contribution in [0.1, 0.15) is 51.4 Å². The molecule has 0 aromatic heterocycles. The molecule has 5 heteroatoms. The lowest BCUT2D eigenvalue weighted by molar-refractivity contribution is -0.151. The predicted octanol–water partition coefficient (Wildman–Crippen LogP) is 1.71. The molecule has 5 nitrogen and oxygen atoms in total. The maximum Gasteiger partial charge on any atom is 0.311 e. The van der Waals surface area contributed by atoms with E-state index in [1.165, 1.54) is 0 Å². The van der Waals surface area contributed by atoms with Crippen LogP contribution in [0.15, 0.2) is 0 Å². The first-order valence-corrected chi connectivity index (χ1v) is 7.77. The summed E-state index contributed by atoms with van der Waals surface area (Å²) in [7, 11) is 0. The SMILES string of the molecule is O=C(NCC1(C(=O)O)CCCCC1)C1CC2CCC1O2. The molecule has 1 saturated carbocycles. The van der Waals surface area contributed by atoms with E-state index in [-0.39, 0.29) is 30.6 Å². The minimum absolute atomic E-state index is 0.0107. The number of nitrogens with one attached hydrogen (secondary N) is 1. The van der Waals surface area contributed by atoms with Gasteiger partial charge in [-0.1, -0.05) is 19.3 Å². The summed E-state index contributed by atoms with van der Waals surface area (Å²) in [5.74, 6) is -0.840. The zero-order valence-electron chi connectivity index (χ0n) is 11.8. The summed E-state index contributed by atoms with van der Waals surface area (Å²) >= 11 is 0. The van der Waals surface area contributed by atoms with Gasteiger partial charge in [0, 0.05) is 6.54 Å². The number of amides is 1. The Kier molecular flexibility index (Phi) is 3.71. The van der Waals surface area contributed by atoms with Crippen molar-refractivity contribution in [2.45, 2.75) is 63.6 Å². The Balaban J connectivity index is 1.57. The summed E-state index contributed by atoms with van der Waals surface area (Å²) in [5.41, 5.74) is -0.744. The third-order valence-electron chi connectivity index (χ3n) is 5.31. The van der Waals surface area contributed by atoms with Gasteiger partial charge in [0.15, 0.2) is 0 Å². The van der Waals surface area contributed by atoms with Gasteiger partial charge in [-0.3, -0.25) is 9.59 Å². The number of ether oxygens (including phenoxy) is 1. The van der Waals surface area contributed by atoms with Crippen molar-refractivity contribution in [3.05, 3.63) is 0 Å². The average Bonchev–Trinajstić information content (AvgIpc) is 3.08. The number of hydrogen-bond donors (Lipinski definition) is 2. The van der Waals surface area contributed by atoms with Gasteiger partial charge in [0.1, 0.15) is 0 Å². The second-order valence-corrected chi connectivity index (χ2v) is 6.58. The molecule has 0 radical (unpaired) electrons. The Hall–Kier alpha value is -1.10. The van der Waals surface area contributed by atoms with Crippen molar-refractivity contribution in [3.63, 3.8) is 0 Å². The average molecular weight is 281 g/mol. The molecule has 3 aliphatic rings. The Morgan fingerprint density at radius 2 is 1.95 bits per heavy atom. The summed E-state index contributed by atoms with van der Waals surface area (Å²) in [6, 6.07) is 0. The van der Waals surface area contributed by atoms with E-state index in [0.717, 1.165) is 38.5 Å². The normalized spacial score (nSPS) is 34.9. The number of rotatable bonds is 4. The minimum atomic E-state index is -0.762. The number of carbonyl (C=O) groups is 2. The standard InChI is InChI=1S/C15H23NO4/c17-13(11-8-10-4-5-12(11)20-10)16-9-15(14(18)19)6-2-1-3-7-15/h10-12H,1-9H2,(H,16,17)(H,18,19). The third-order valence-corrected chi connectivity index (χ3v) is 5.31. The molecule has 2 bridgehead atoms. The molecule has 3 rings (SSSR count). The Morgan fingerprint density at radius 1 is 1.20 bits per heavy atom. The van der Waals surface area contributed by atoms with Gasteiger partial charge in [0.25, 0.3) is 0 Å². The number of fused-ring (bicyclic) bond motifs is 2. The molecule has 2 heterocycles. The third kappa shape index (κ3) is 2.43. The molecule has 3 atom stereocenters. The first-order valence-electron chi connectivity index (χ1n) is 7.77.